The minimum atomic E-state index is -3.64. The van der Waals surface area contributed by atoms with Gasteiger partial charge in [-0.1, -0.05) is 13.0 Å². The van der Waals surface area contributed by atoms with Gasteiger partial charge in [0.1, 0.15) is 0 Å². The highest BCUT2D eigenvalue weighted by molar-refractivity contribution is 5.70. The average Bonchev–Trinajstić information content (AvgIpc) is 2.58. The first kappa shape index (κ1) is 12.6. The van der Waals surface area contributed by atoms with Gasteiger partial charge in [0.25, 0.3) is 0 Å². The summed E-state index contributed by atoms with van der Waals surface area (Å²) in [6.45, 7) is 1.76. The van der Waals surface area contributed by atoms with Crippen molar-refractivity contribution in [1.82, 2.24) is 0 Å². The second-order valence-corrected chi connectivity index (χ2v) is 4.10. The SMILES string of the molecule is CCC(Cc1ccc2c(c1)OC(F)(F)O2)C(=O)O. The fourth-order valence-electron chi connectivity index (χ4n) is 1.81. The van der Waals surface area contributed by atoms with Crippen molar-refractivity contribution in [2.24, 2.45) is 5.92 Å². The molecular weight excluding hydrogens is 246 g/mol. The third kappa shape index (κ3) is 2.52. The second-order valence-electron chi connectivity index (χ2n) is 4.10. The maximum atomic E-state index is 12.8. The topological polar surface area (TPSA) is 55.8 Å². The van der Waals surface area contributed by atoms with Gasteiger partial charge in [-0.2, -0.15) is 0 Å². The molecule has 4 nitrogen and oxygen atoms in total. The summed E-state index contributed by atoms with van der Waals surface area (Å²) < 4.78 is 34.1. The quantitative estimate of drug-likeness (QED) is 0.902. The van der Waals surface area contributed by atoms with Crippen molar-refractivity contribution >= 4 is 5.97 Å². The van der Waals surface area contributed by atoms with Crippen LogP contribution >= 0.6 is 0 Å². The molecule has 6 heteroatoms. The summed E-state index contributed by atoms with van der Waals surface area (Å²) in [5, 5.41) is 8.94. The first-order valence-corrected chi connectivity index (χ1v) is 5.53. The van der Waals surface area contributed by atoms with E-state index >= 15 is 0 Å². The number of benzene rings is 1. The van der Waals surface area contributed by atoms with Crippen LogP contribution in [0.5, 0.6) is 11.5 Å². The standard InChI is InChI=1S/C12H12F2O4/c1-2-8(11(15)16)5-7-3-4-9-10(6-7)18-12(13,14)17-9/h3-4,6,8H,2,5H2,1H3,(H,15,16). The number of carboxylic acids is 1. The molecule has 18 heavy (non-hydrogen) atoms. The molecule has 0 radical (unpaired) electrons. The fraction of sp³-hybridized carbons (Fsp3) is 0.417. The van der Waals surface area contributed by atoms with E-state index in [2.05, 4.69) is 9.47 Å². The number of hydrogen-bond acceptors (Lipinski definition) is 3. The summed E-state index contributed by atoms with van der Waals surface area (Å²) in [4.78, 5) is 10.9. The number of fused-ring (bicyclic) bond motifs is 1. The molecule has 0 aromatic heterocycles. The largest absolute Gasteiger partial charge is 0.586 e. The summed E-state index contributed by atoms with van der Waals surface area (Å²) in [5.41, 5.74) is 0.629. The molecule has 98 valence electrons. The van der Waals surface area contributed by atoms with Crippen LogP contribution in [0, 0.1) is 5.92 Å². The summed E-state index contributed by atoms with van der Waals surface area (Å²) in [6.07, 6.45) is -2.90. The first-order chi connectivity index (χ1) is 8.41. The predicted octanol–water partition coefficient (Wildman–Crippen LogP) is 2.66. The molecule has 1 aliphatic rings. The van der Waals surface area contributed by atoms with Crippen molar-refractivity contribution in [3.8, 4) is 11.5 Å². The van der Waals surface area contributed by atoms with E-state index in [0.29, 0.717) is 12.0 Å². The van der Waals surface area contributed by atoms with Gasteiger partial charge in [-0.05, 0) is 30.5 Å². The van der Waals surface area contributed by atoms with Crippen molar-refractivity contribution in [2.45, 2.75) is 26.1 Å². The van der Waals surface area contributed by atoms with Crippen molar-refractivity contribution in [3.05, 3.63) is 23.8 Å². The number of carbonyl (C=O) groups is 1. The predicted molar refractivity (Wildman–Crippen MR) is 57.8 cm³/mol. The molecule has 0 bridgehead atoms. The Bertz CT molecular complexity index is 473. The smallest absolute Gasteiger partial charge is 0.481 e. The van der Waals surface area contributed by atoms with E-state index in [0.717, 1.165) is 0 Å². The second kappa shape index (κ2) is 4.44. The summed E-state index contributed by atoms with van der Waals surface area (Å²) in [7, 11) is 0. The lowest BCUT2D eigenvalue weighted by Crippen LogP contribution is -2.25. The number of aliphatic carboxylic acids is 1. The van der Waals surface area contributed by atoms with E-state index in [1.54, 1.807) is 13.0 Å². The van der Waals surface area contributed by atoms with Gasteiger partial charge in [-0.25, -0.2) is 0 Å². The third-order valence-corrected chi connectivity index (χ3v) is 2.79. The maximum Gasteiger partial charge on any atom is 0.586 e. The number of hydrogen-bond donors (Lipinski definition) is 1. The Morgan fingerprint density at radius 3 is 2.67 bits per heavy atom. The number of ether oxygens (including phenoxy) is 2. The lowest BCUT2D eigenvalue weighted by molar-refractivity contribution is -0.286. The summed E-state index contributed by atoms with van der Waals surface area (Å²) in [5.74, 6) is -1.53. The molecule has 0 aliphatic carbocycles. The Morgan fingerprint density at radius 1 is 1.39 bits per heavy atom. The zero-order chi connectivity index (χ0) is 13.3. The highest BCUT2D eigenvalue weighted by atomic mass is 19.3. The van der Waals surface area contributed by atoms with Crippen LogP contribution in [0.25, 0.3) is 0 Å². The Balaban J connectivity index is 2.16. The molecule has 0 fully saturated rings. The minimum absolute atomic E-state index is 0.0351. The highest BCUT2D eigenvalue weighted by Crippen LogP contribution is 2.41. The number of rotatable bonds is 4. The van der Waals surface area contributed by atoms with E-state index in [1.807, 2.05) is 0 Å². The van der Waals surface area contributed by atoms with Gasteiger partial charge in [-0.3, -0.25) is 4.79 Å². The molecule has 1 aromatic rings. The third-order valence-electron chi connectivity index (χ3n) is 2.79. The van der Waals surface area contributed by atoms with Gasteiger partial charge in [0.2, 0.25) is 0 Å². The van der Waals surface area contributed by atoms with Crippen LogP contribution in [-0.2, 0) is 11.2 Å². The molecule has 0 amide bonds. The van der Waals surface area contributed by atoms with Crippen LogP contribution in [0.4, 0.5) is 8.78 Å². The van der Waals surface area contributed by atoms with Crippen LogP contribution in [0.1, 0.15) is 18.9 Å². The van der Waals surface area contributed by atoms with Gasteiger partial charge < -0.3 is 14.6 Å². The van der Waals surface area contributed by atoms with Crippen molar-refractivity contribution in [3.63, 3.8) is 0 Å². The van der Waals surface area contributed by atoms with Gasteiger partial charge in [0, 0.05) is 0 Å². The lowest BCUT2D eigenvalue weighted by Gasteiger charge is -2.09. The Labute approximate surface area is 102 Å². The average molecular weight is 258 g/mol. The van der Waals surface area contributed by atoms with E-state index in [1.165, 1.54) is 12.1 Å². The Morgan fingerprint density at radius 2 is 2.06 bits per heavy atom. The van der Waals surface area contributed by atoms with E-state index in [-0.39, 0.29) is 17.9 Å². The van der Waals surface area contributed by atoms with E-state index in [9.17, 15) is 13.6 Å². The Hall–Kier alpha value is -1.85. The first-order valence-electron chi connectivity index (χ1n) is 5.53. The molecular formula is C12H12F2O4. The van der Waals surface area contributed by atoms with E-state index in [4.69, 9.17) is 5.11 Å². The molecule has 0 spiro atoms. The van der Waals surface area contributed by atoms with E-state index < -0.39 is 18.2 Å². The number of alkyl halides is 2. The van der Waals surface area contributed by atoms with Crippen molar-refractivity contribution in [2.75, 3.05) is 0 Å². The molecule has 1 aliphatic heterocycles. The minimum Gasteiger partial charge on any atom is -0.481 e. The van der Waals surface area contributed by atoms with Crippen LogP contribution in [0.2, 0.25) is 0 Å². The van der Waals surface area contributed by atoms with Crippen LogP contribution in [-0.4, -0.2) is 17.4 Å². The molecule has 1 atom stereocenters. The van der Waals surface area contributed by atoms with Crippen molar-refractivity contribution in [1.29, 1.82) is 0 Å². The van der Waals surface area contributed by atoms with Gasteiger partial charge in [0.05, 0.1) is 5.92 Å². The molecule has 1 aromatic carbocycles. The number of carboxylic acid groups (broad SMARTS) is 1. The molecule has 0 saturated carbocycles. The van der Waals surface area contributed by atoms with Gasteiger partial charge in [-0.15, -0.1) is 8.78 Å². The van der Waals surface area contributed by atoms with Crippen LogP contribution < -0.4 is 9.47 Å². The molecule has 1 unspecified atom stereocenters. The molecule has 1 heterocycles. The normalized spacial score (nSPS) is 17.5. The van der Waals surface area contributed by atoms with Gasteiger partial charge in [0.15, 0.2) is 11.5 Å². The Kier molecular flexibility index (Phi) is 3.11. The zero-order valence-electron chi connectivity index (χ0n) is 9.65. The highest BCUT2D eigenvalue weighted by Gasteiger charge is 2.43. The fourth-order valence-corrected chi connectivity index (χ4v) is 1.81. The van der Waals surface area contributed by atoms with Crippen LogP contribution in [0.15, 0.2) is 18.2 Å². The molecule has 2 rings (SSSR count). The molecule has 1 N–H and O–H groups in total. The monoisotopic (exact) mass is 258 g/mol. The van der Waals surface area contributed by atoms with Crippen LogP contribution in [0.3, 0.4) is 0 Å². The van der Waals surface area contributed by atoms with Gasteiger partial charge >= 0.3 is 12.3 Å². The zero-order valence-corrected chi connectivity index (χ0v) is 9.65. The molecule has 0 saturated heterocycles. The van der Waals surface area contributed by atoms with Crippen molar-refractivity contribution < 1.29 is 28.2 Å². The summed E-state index contributed by atoms with van der Waals surface area (Å²) in [6, 6.07) is 4.32. The number of halogens is 2. The lowest BCUT2D eigenvalue weighted by atomic mass is 9.97. The summed E-state index contributed by atoms with van der Waals surface area (Å²) >= 11 is 0. The maximum absolute atomic E-state index is 12.8.